The van der Waals surface area contributed by atoms with Crippen molar-refractivity contribution in [2.24, 2.45) is 0 Å². The normalized spacial score (nSPS) is 21.5. The van der Waals surface area contributed by atoms with Gasteiger partial charge in [-0.2, -0.15) is 0 Å². The number of ether oxygens (including phenoxy) is 2. The molecule has 160 valence electrons. The molecule has 1 aromatic carbocycles. The number of urea groups is 2. The molecule has 0 saturated carbocycles. The van der Waals surface area contributed by atoms with Gasteiger partial charge in [-0.1, -0.05) is 23.4 Å². The zero-order valence-corrected chi connectivity index (χ0v) is 17.0. The van der Waals surface area contributed by atoms with E-state index in [-0.39, 0.29) is 25.2 Å². The second kappa shape index (κ2) is 8.33. The number of rotatable bonds is 2. The van der Waals surface area contributed by atoms with Gasteiger partial charge in [0.2, 0.25) is 5.79 Å². The molecule has 0 aliphatic carbocycles. The average molecular weight is 415 g/mol. The van der Waals surface area contributed by atoms with Gasteiger partial charge in [0.25, 0.3) is 0 Å². The Hall–Kier alpha value is -3.11. The number of carbonyl (C=O) groups is 2. The first-order valence-corrected chi connectivity index (χ1v) is 9.83. The second-order valence-corrected chi connectivity index (χ2v) is 7.38. The van der Waals surface area contributed by atoms with Crippen molar-refractivity contribution in [1.29, 1.82) is 0 Å². The van der Waals surface area contributed by atoms with E-state index >= 15 is 0 Å². The van der Waals surface area contributed by atoms with Crippen molar-refractivity contribution >= 4 is 23.4 Å². The van der Waals surface area contributed by atoms with Crippen LogP contribution in [0.2, 0.25) is 0 Å². The summed E-state index contributed by atoms with van der Waals surface area (Å²) < 4.78 is 16.9. The van der Waals surface area contributed by atoms with Crippen molar-refractivity contribution in [2.75, 3.05) is 50.0 Å². The second-order valence-electron chi connectivity index (χ2n) is 7.38. The lowest BCUT2D eigenvalue weighted by atomic mass is 10.1. The number of para-hydroxylation sites is 1. The van der Waals surface area contributed by atoms with Crippen LogP contribution in [0.15, 0.2) is 34.9 Å². The van der Waals surface area contributed by atoms with Crippen LogP contribution in [0, 0.1) is 13.8 Å². The molecule has 1 spiro atoms. The number of amides is 4. The number of hydrogen-bond donors (Lipinski definition) is 2. The summed E-state index contributed by atoms with van der Waals surface area (Å²) in [7, 11) is 0. The molecule has 30 heavy (non-hydrogen) atoms. The summed E-state index contributed by atoms with van der Waals surface area (Å²) in [6, 6.07) is 8.73. The molecule has 2 N–H and O–H groups in total. The highest BCUT2D eigenvalue weighted by Crippen LogP contribution is 2.26. The van der Waals surface area contributed by atoms with Crippen LogP contribution in [-0.4, -0.2) is 72.2 Å². The fourth-order valence-electron chi connectivity index (χ4n) is 3.62. The molecule has 1 aromatic heterocycles. The van der Waals surface area contributed by atoms with E-state index < -0.39 is 5.79 Å². The number of aryl methyl sites for hydroxylation is 2. The summed E-state index contributed by atoms with van der Waals surface area (Å²) in [6.07, 6.45) is 0. The number of morpholine rings is 2. The molecule has 2 saturated heterocycles. The zero-order valence-electron chi connectivity index (χ0n) is 17.0. The Labute approximate surface area is 174 Å². The molecule has 2 aliphatic rings. The molecule has 10 heteroatoms. The van der Waals surface area contributed by atoms with Gasteiger partial charge in [-0.15, -0.1) is 0 Å². The highest BCUT2D eigenvalue weighted by molar-refractivity contribution is 5.91. The number of benzene rings is 1. The van der Waals surface area contributed by atoms with E-state index in [9.17, 15) is 9.59 Å². The summed E-state index contributed by atoms with van der Waals surface area (Å²) in [5, 5.41) is 9.57. The summed E-state index contributed by atoms with van der Waals surface area (Å²) in [5.74, 6) is -0.512. The minimum absolute atomic E-state index is 0.206. The van der Waals surface area contributed by atoms with Crippen molar-refractivity contribution in [2.45, 2.75) is 19.6 Å². The quantitative estimate of drug-likeness (QED) is 0.780. The topological polar surface area (TPSA) is 109 Å². The molecule has 10 nitrogen and oxygen atoms in total. The highest BCUT2D eigenvalue weighted by Gasteiger charge is 2.44. The summed E-state index contributed by atoms with van der Waals surface area (Å²) in [5.41, 5.74) is 1.89. The number of aromatic nitrogens is 1. The lowest BCUT2D eigenvalue weighted by Crippen LogP contribution is -2.64. The summed E-state index contributed by atoms with van der Waals surface area (Å²) in [6.45, 7) is 5.42. The molecule has 4 rings (SSSR count). The van der Waals surface area contributed by atoms with Gasteiger partial charge in [0.05, 0.1) is 26.3 Å². The SMILES string of the molecule is Cc1noc(C)c1NC(=O)N1CCOC2(CN(C(=O)Nc3ccccc3)CCO2)C1. The predicted molar refractivity (Wildman–Crippen MR) is 108 cm³/mol. The van der Waals surface area contributed by atoms with Crippen LogP contribution in [0.25, 0.3) is 0 Å². The molecule has 0 bridgehead atoms. The third kappa shape index (κ3) is 4.24. The van der Waals surface area contributed by atoms with Crippen molar-refractivity contribution in [1.82, 2.24) is 15.0 Å². The van der Waals surface area contributed by atoms with Crippen LogP contribution in [0.5, 0.6) is 0 Å². The monoisotopic (exact) mass is 415 g/mol. The van der Waals surface area contributed by atoms with Crippen LogP contribution in [0.1, 0.15) is 11.5 Å². The number of nitrogens with one attached hydrogen (secondary N) is 2. The number of nitrogens with zero attached hydrogens (tertiary/aromatic N) is 3. The Kier molecular flexibility index (Phi) is 5.60. The maximum absolute atomic E-state index is 12.8. The number of carbonyl (C=O) groups excluding carboxylic acids is 2. The number of hydrogen-bond acceptors (Lipinski definition) is 6. The van der Waals surface area contributed by atoms with Crippen LogP contribution in [0.3, 0.4) is 0 Å². The van der Waals surface area contributed by atoms with E-state index in [1.54, 1.807) is 23.6 Å². The van der Waals surface area contributed by atoms with Gasteiger partial charge in [-0.3, -0.25) is 0 Å². The van der Waals surface area contributed by atoms with Crippen molar-refractivity contribution < 1.29 is 23.6 Å². The maximum Gasteiger partial charge on any atom is 0.322 e. The fraction of sp³-hybridized carbons (Fsp3) is 0.450. The molecule has 1 unspecified atom stereocenters. The van der Waals surface area contributed by atoms with Gasteiger partial charge in [0.15, 0.2) is 5.76 Å². The Balaban J connectivity index is 1.40. The minimum atomic E-state index is -1.05. The van der Waals surface area contributed by atoms with Crippen LogP contribution in [0.4, 0.5) is 21.0 Å². The molecule has 2 aromatic rings. The van der Waals surface area contributed by atoms with E-state index in [0.717, 1.165) is 0 Å². The third-order valence-electron chi connectivity index (χ3n) is 5.18. The van der Waals surface area contributed by atoms with E-state index in [1.165, 1.54) is 0 Å². The minimum Gasteiger partial charge on any atom is -0.359 e. The van der Waals surface area contributed by atoms with Gasteiger partial charge in [-0.25, -0.2) is 9.59 Å². The Morgan fingerprint density at radius 3 is 2.13 bits per heavy atom. The van der Waals surface area contributed by atoms with Gasteiger partial charge >= 0.3 is 12.1 Å². The molecule has 3 heterocycles. The summed E-state index contributed by atoms with van der Waals surface area (Å²) in [4.78, 5) is 28.7. The molecule has 2 aliphatic heterocycles. The van der Waals surface area contributed by atoms with E-state index in [0.29, 0.717) is 49.1 Å². The van der Waals surface area contributed by atoms with Crippen molar-refractivity contribution in [3.8, 4) is 0 Å². The first-order chi connectivity index (χ1) is 14.5. The van der Waals surface area contributed by atoms with Crippen molar-refractivity contribution in [3.05, 3.63) is 41.8 Å². The van der Waals surface area contributed by atoms with Gasteiger partial charge in [-0.05, 0) is 26.0 Å². The third-order valence-corrected chi connectivity index (χ3v) is 5.18. The van der Waals surface area contributed by atoms with E-state index in [2.05, 4.69) is 15.8 Å². The van der Waals surface area contributed by atoms with Crippen LogP contribution < -0.4 is 10.6 Å². The molecule has 0 radical (unpaired) electrons. The lowest BCUT2D eigenvalue weighted by molar-refractivity contribution is -0.281. The standard InChI is InChI=1S/C20H25N5O5/c1-14-17(15(2)30-23-14)22-19(27)25-9-11-29-20(13-25)12-24(8-10-28-20)18(26)21-16-6-4-3-5-7-16/h3-7H,8-13H2,1-2H3,(H,21,26)(H,22,27). The Bertz CT molecular complexity index is 894. The number of anilines is 2. The first kappa shape index (κ1) is 20.2. The van der Waals surface area contributed by atoms with Crippen LogP contribution in [-0.2, 0) is 9.47 Å². The lowest BCUT2D eigenvalue weighted by Gasteiger charge is -2.47. The smallest absolute Gasteiger partial charge is 0.322 e. The highest BCUT2D eigenvalue weighted by atomic mass is 16.7. The molecular formula is C20H25N5O5. The van der Waals surface area contributed by atoms with Crippen molar-refractivity contribution in [3.63, 3.8) is 0 Å². The first-order valence-electron chi connectivity index (χ1n) is 9.83. The zero-order chi connectivity index (χ0) is 21.1. The Morgan fingerprint density at radius 2 is 1.57 bits per heavy atom. The molecular weight excluding hydrogens is 390 g/mol. The van der Waals surface area contributed by atoms with Gasteiger partial charge < -0.3 is 34.4 Å². The summed E-state index contributed by atoms with van der Waals surface area (Å²) >= 11 is 0. The average Bonchev–Trinajstić information content (AvgIpc) is 3.06. The van der Waals surface area contributed by atoms with Crippen LogP contribution >= 0.6 is 0 Å². The Morgan fingerprint density at radius 1 is 0.967 bits per heavy atom. The van der Waals surface area contributed by atoms with E-state index in [1.807, 2.05) is 30.3 Å². The van der Waals surface area contributed by atoms with Gasteiger partial charge in [0.1, 0.15) is 11.4 Å². The van der Waals surface area contributed by atoms with Gasteiger partial charge in [0, 0.05) is 18.8 Å². The molecule has 2 fully saturated rings. The fourth-order valence-corrected chi connectivity index (χ4v) is 3.62. The molecule has 4 amide bonds. The molecule has 1 atom stereocenters. The largest absolute Gasteiger partial charge is 0.359 e. The maximum atomic E-state index is 12.8. The predicted octanol–water partition coefficient (Wildman–Crippen LogP) is 2.42. The van der Waals surface area contributed by atoms with E-state index in [4.69, 9.17) is 14.0 Å².